The summed E-state index contributed by atoms with van der Waals surface area (Å²) in [7, 11) is 2.50. The highest BCUT2D eigenvalue weighted by Crippen LogP contribution is 2.35. The number of hydrogen-bond acceptors (Lipinski definition) is 7. The van der Waals surface area contributed by atoms with Crippen LogP contribution in [0.3, 0.4) is 0 Å². The molecule has 0 saturated carbocycles. The number of ether oxygens (including phenoxy) is 2. The van der Waals surface area contributed by atoms with E-state index in [0.29, 0.717) is 10.4 Å². The number of amides is 1. The van der Waals surface area contributed by atoms with E-state index in [2.05, 4.69) is 5.32 Å². The molecule has 0 aliphatic rings. The first kappa shape index (κ1) is 18.2. The summed E-state index contributed by atoms with van der Waals surface area (Å²) in [6.07, 6.45) is 0. The summed E-state index contributed by atoms with van der Waals surface area (Å²) >= 11 is 2.36. The van der Waals surface area contributed by atoms with Gasteiger partial charge in [-0.2, -0.15) is 0 Å². The molecule has 0 aromatic carbocycles. The molecule has 0 saturated heterocycles. The van der Waals surface area contributed by atoms with Crippen LogP contribution in [-0.4, -0.2) is 32.1 Å². The van der Waals surface area contributed by atoms with Crippen molar-refractivity contribution >= 4 is 45.5 Å². The second kappa shape index (κ2) is 7.14. The number of aryl methyl sites for hydroxylation is 2. The number of methoxy groups -OCH3 is 2. The minimum Gasteiger partial charge on any atom is -0.465 e. The third kappa shape index (κ3) is 3.34. The maximum atomic E-state index is 12.4. The highest BCUT2D eigenvalue weighted by Gasteiger charge is 2.27. The summed E-state index contributed by atoms with van der Waals surface area (Å²) in [5.74, 6) is -1.52. The van der Waals surface area contributed by atoms with Gasteiger partial charge in [-0.3, -0.25) is 4.79 Å². The number of thiophene rings is 2. The van der Waals surface area contributed by atoms with Gasteiger partial charge in [0.2, 0.25) is 0 Å². The first-order valence-electron chi connectivity index (χ1n) is 6.98. The minimum atomic E-state index is -0.618. The van der Waals surface area contributed by atoms with Gasteiger partial charge in [0.25, 0.3) is 5.91 Å². The van der Waals surface area contributed by atoms with E-state index < -0.39 is 11.9 Å². The predicted octanol–water partition coefficient (Wildman–Crippen LogP) is 3.56. The molecule has 2 rings (SSSR count). The molecule has 0 spiro atoms. The molecule has 0 bridgehead atoms. The van der Waals surface area contributed by atoms with Crippen LogP contribution in [-0.2, 0) is 9.47 Å². The topological polar surface area (TPSA) is 81.7 Å². The van der Waals surface area contributed by atoms with E-state index >= 15 is 0 Å². The van der Waals surface area contributed by atoms with Crippen molar-refractivity contribution < 1.29 is 23.9 Å². The van der Waals surface area contributed by atoms with E-state index in [0.717, 1.165) is 21.8 Å². The van der Waals surface area contributed by atoms with Gasteiger partial charge >= 0.3 is 11.9 Å². The van der Waals surface area contributed by atoms with Crippen molar-refractivity contribution in [3.63, 3.8) is 0 Å². The summed E-state index contributed by atoms with van der Waals surface area (Å²) in [6.45, 7) is 5.47. The van der Waals surface area contributed by atoms with Gasteiger partial charge in [0.15, 0.2) is 0 Å². The Morgan fingerprint density at radius 2 is 1.62 bits per heavy atom. The summed E-state index contributed by atoms with van der Waals surface area (Å²) in [5, 5.41) is 2.98. The van der Waals surface area contributed by atoms with Gasteiger partial charge in [0.05, 0.1) is 24.7 Å². The molecule has 2 aromatic rings. The molecule has 128 valence electrons. The Hall–Kier alpha value is -2.19. The zero-order valence-electron chi connectivity index (χ0n) is 13.9. The highest BCUT2D eigenvalue weighted by atomic mass is 32.1. The normalized spacial score (nSPS) is 10.4. The lowest BCUT2D eigenvalue weighted by Crippen LogP contribution is -2.13. The van der Waals surface area contributed by atoms with Crippen LogP contribution in [0.5, 0.6) is 0 Å². The van der Waals surface area contributed by atoms with E-state index in [1.54, 1.807) is 13.0 Å². The number of nitrogens with one attached hydrogen (secondary N) is 1. The first-order valence-corrected chi connectivity index (χ1v) is 8.61. The van der Waals surface area contributed by atoms with Gasteiger partial charge in [-0.1, -0.05) is 0 Å². The van der Waals surface area contributed by atoms with Crippen molar-refractivity contribution in [3.05, 3.63) is 37.4 Å². The number of esters is 2. The van der Waals surface area contributed by atoms with Crippen LogP contribution in [0.2, 0.25) is 0 Å². The van der Waals surface area contributed by atoms with E-state index in [9.17, 15) is 14.4 Å². The van der Waals surface area contributed by atoms with Crippen molar-refractivity contribution in [3.8, 4) is 0 Å². The molecule has 0 atom stereocenters. The second-order valence-electron chi connectivity index (χ2n) is 5.05. The molecular weight excluding hydrogens is 350 g/mol. The number of rotatable bonds is 4. The molecule has 2 aromatic heterocycles. The SMILES string of the molecule is COC(=O)c1sc(NC(=O)c2cc(C)c(C)s2)c(C(=O)OC)c1C. The Morgan fingerprint density at radius 3 is 2.12 bits per heavy atom. The van der Waals surface area contributed by atoms with Gasteiger partial charge in [-0.15, -0.1) is 22.7 Å². The summed E-state index contributed by atoms with van der Waals surface area (Å²) in [6, 6.07) is 1.79. The number of hydrogen-bond donors (Lipinski definition) is 1. The fourth-order valence-electron chi connectivity index (χ4n) is 2.09. The summed E-state index contributed by atoms with van der Waals surface area (Å²) in [5.41, 5.74) is 1.62. The van der Waals surface area contributed by atoms with E-state index in [4.69, 9.17) is 9.47 Å². The maximum Gasteiger partial charge on any atom is 0.348 e. The Balaban J connectivity index is 2.43. The molecule has 1 N–H and O–H groups in total. The van der Waals surface area contributed by atoms with Crippen molar-refractivity contribution in [2.24, 2.45) is 0 Å². The van der Waals surface area contributed by atoms with E-state index in [1.165, 1.54) is 25.6 Å². The molecule has 1 amide bonds. The van der Waals surface area contributed by atoms with Gasteiger partial charge in [-0.05, 0) is 38.0 Å². The molecule has 0 aliphatic carbocycles. The Kier molecular flexibility index (Phi) is 5.40. The Bertz CT molecular complexity index is 799. The third-order valence-electron chi connectivity index (χ3n) is 3.52. The van der Waals surface area contributed by atoms with Crippen molar-refractivity contribution in [2.45, 2.75) is 20.8 Å². The van der Waals surface area contributed by atoms with Crippen molar-refractivity contribution in [1.29, 1.82) is 0 Å². The van der Waals surface area contributed by atoms with Crippen LogP contribution >= 0.6 is 22.7 Å². The lowest BCUT2D eigenvalue weighted by molar-refractivity contribution is 0.0601. The number of carbonyl (C=O) groups excluding carboxylic acids is 3. The largest absolute Gasteiger partial charge is 0.465 e. The van der Waals surface area contributed by atoms with Crippen LogP contribution in [0, 0.1) is 20.8 Å². The molecule has 0 unspecified atom stereocenters. The predicted molar refractivity (Wildman–Crippen MR) is 93.5 cm³/mol. The lowest BCUT2D eigenvalue weighted by atomic mass is 10.1. The van der Waals surface area contributed by atoms with Crippen LogP contribution in [0.15, 0.2) is 6.07 Å². The quantitative estimate of drug-likeness (QED) is 0.836. The highest BCUT2D eigenvalue weighted by molar-refractivity contribution is 7.19. The zero-order chi connectivity index (χ0) is 18.0. The molecular formula is C16H17NO5S2. The fourth-order valence-corrected chi connectivity index (χ4v) is 4.12. The molecule has 8 heteroatoms. The van der Waals surface area contributed by atoms with Gasteiger partial charge < -0.3 is 14.8 Å². The second-order valence-corrected chi connectivity index (χ2v) is 7.32. The molecule has 0 radical (unpaired) electrons. The molecule has 24 heavy (non-hydrogen) atoms. The van der Waals surface area contributed by atoms with Crippen LogP contribution in [0.1, 0.15) is 45.7 Å². The smallest absolute Gasteiger partial charge is 0.348 e. The van der Waals surface area contributed by atoms with E-state index in [1.807, 2.05) is 13.8 Å². The molecule has 6 nitrogen and oxygen atoms in total. The average molecular weight is 367 g/mol. The van der Waals surface area contributed by atoms with Crippen molar-refractivity contribution in [1.82, 2.24) is 0 Å². The molecule has 0 fully saturated rings. The first-order chi connectivity index (χ1) is 11.3. The third-order valence-corrected chi connectivity index (χ3v) is 5.86. The van der Waals surface area contributed by atoms with Crippen LogP contribution < -0.4 is 5.32 Å². The number of carbonyl (C=O) groups is 3. The Labute approximate surface area is 147 Å². The minimum absolute atomic E-state index is 0.168. The van der Waals surface area contributed by atoms with Crippen LogP contribution in [0.25, 0.3) is 0 Å². The maximum absolute atomic E-state index is 12.4. The van der Waals surface area contributed by atoms with Gasteiger partial charge in [0.1, 0.15) is 9.88 Å². The zero-order valence-corrected chi connectivity index (χ0v) is 15.6. The van der Waals surface area contributed by atoms with Gasteiger partial charge in [-0.25, -0.2) is 9.59 Å². The van der Waals surface area contributed by atoms with Gasteiger partial charge in [0, 0.05) is 4.88 Å². The lowest BCUT2D eigenvalue weighted by Gasteiger charge is -2.04. The van der Waals surface area contributed by atoms with Crippen LogP contribution in [0.4, 0.5) is 5.00 Å². The molecule has 2 heterocycles. The number of anilines is 1. The molecule has 0 aliphatic heterocycles. The fraction of sp³-hybridized carbons (Fsp3) is 0.312. The summed E-state index contributed by atoms with van der Waals surface area (Å²) in [4.78, 5) is 38.2. The Morgan fingerprint density at radius 1 is 1.00 bits per heavy atom. The average Bonchev–Trinajstić information content (AvgIpc) is 3.06. The monoisotopic (exact) mass is 367 g/mol. The summed E-state index contributed by atoms with van der Waals surface area (Å²) < 4.78 is 9.48. The van der Waals surface area contributed by atoms with E-state index in [-0.39, 0.29) is 21.3 Å². The standard InChI is InChI=1S/C16H17NO5S2/c1-7-6-10(23-9(7)3)13(18)17-14-11(15(19)21-4)8(2)12(24-14)16(20)22-5/h6H,1-5H3,(H,17,18). The van der Waals surface area contributed by atoms with Crippen molar-refractivity contribution in [2.75, 3.05) is 19.5 Å².